The van der Waals surface area contributed by atoms with Crippen LogP contribution in [0.4, 0.5) is 4.39 Å². The van der Waals surface area contributed by atoms with Crippen LogP contribution in [0.2, 0.25) is 0 Å². The number of amides is 1. The van der Waals surface area contributed by atoms with Crippen LogP contribution in [0, 0.1) is 5.82 Å². The summed E-state index contributed by atoms with van der Waals surface area (Å²) in [6, 6.07) is 17.1. The second kappa shape index (κ2) is 9.80. The Morgan fingerprint density at radius 3 is 2.59 bits per heavy atom. The summed E-state index contributed by atoms with van der Waals surface area (Å²) in [7, 11) is 3.80. The molecule has 1 aromatic heterocycles. The highest BCUT2D eigenvalue weighted by molar-refractivity contribution is 5.94. The minimum atomic E-state index is -0.289. The van der Waals surface area contributed by atoms with Crippen LogP contribution in [0.15, 0.2) is 73.1 Å². The molecule has 0 aliphatic heterocycles. The normalized spacial score (nSPS) is 11.9. The number of carbonyl (C=O) groups is 1. The van der Waals surface area contributed by atoms with E-state index in [0.29, 0.717) is 24.5 Å². The molecule has 0 bridgehead atoms. The fraction of sp³-hybridized carbons (Fsp3) is 0.217. The molecule has 6 heteroatoms. The van der Waals surface area contributed by atoms with E-state index in [1.165, 1.54) is 12.1 Å². The molecule has 1 atom stereocenters. The average Bonchev–Trinajstić information content (AvgIpc) is 2.73. The highest BCUT2D eigenvalue weighted by Gasteiger charge is 2.16. The van der Waals surface area contributed by atoms with E-state index in [0.717, 1.165) is 11.1 Å². The van der Waals surface area contributed by atoms with Gasteiger partial charge in [0.25, 0.3) is 5.91 Å². The Balaban J connectivity index is 1.57. The number of carbonyl (C=O) groups excluding carboxylic acids is 1. The molecule has 1 amide bonds. The van der Waals surface area contributed by atoms with E-state index >= 15 is 0 Å². The summed E-state index contributed by atoms with van der Waals surface area (Å²) in [5, 5.41) is 2.92. The molecule has 3 rings (SSSR count). The van der Waals surface area contributed by atoms with Gasteiger partial charge in [0.15, 0.2) is 0 Å². The maximum absolute atomic E-state index is 13.5. The molecule has 3 aromatic rings. The van der Waals surface area contributed by atoms with Gasteiger partial charge in [-0.2, -0.15) is 0 Å². The van der Waals surface area contributed by atoms with Gasteiger partial charge >= 0.3 is 0 Å². The van der Waals surface area contributed by atoms with E-state index in [2.05, 4.69) is 10.3 Å². The zero-order chi connectivity index (χ0) is 20.6. The molecule has 0 fully saturated rings. The fourth-order valence-corrected chi connectivity index (χ4v) is 2.96. The van der Waals surface area contributed by atoms with Crippen molar-refractivity contribution in [1.29, 1.82) is 0 Å². The number of halogens is 1. The van der Waals surface area contributed by atoms with Gasteiger partial charge in [-0.15, -0.1) is 0 Å². The number of nitrogens with zero attached hydrogens (tertiary/aromatic N) is 2. The Morgan fingerprint density at radius 1 is 1.14 bits per heavy atom. The maximum Gasteiger partial charge on any atom is 0.251 e. The van der Waals surface area contributed by atoms with Crippen LogP contribution >= 0.6 is 0 Å². The second-order valence-electron chi connectivity index (χ2n) is 6.92. The molecular formula is C23H24FN3O2. The molecule has 1 N–H and O–H groups in total. The van der Waals surface area contributed by atoms with Crippen molar-refractivity contribution in [3.8, 4) is 5.75 Å². The number of benzene rings is 2. The van der Waals surface area contributed by atoms with Gasteiger partial charge in [0.05, 0.1) is 6.04 Å². The third-order valence-electron chi connectivity index (χ3n) is 4.56. The average molecular weight is 393 g/mol. The highest BCUT2D eigenvalue weighted by atomic mass is 19.1. The lowest BCUT2D eigenvalue weighted by Gasteiger charge is -2.25. The van der Waals surface area contributed by atoms with Crippen LogP contribution in [0.3, 0.4) is 0 Å². The van der Waals surface area contributed by atoms with E-state index in [-0.39, 0.29) is 17.8 Å². The molecule has 5 nitrogen and oxygen atoms in total. The van der Waals surface area contributed by atoms with E-state index in [1.54, 1.807) is 42.7 Å². The minimum Gasteiger partial charge on any atom is -0.489 e. The summed E-state index contributed by atoms with van der Waals surface area (Å²) < 4.78 is 19.3. The van der Waals surface area contributed by atoms with Crippen LogP contribution in [0.5, 0.6) is 5.75 Å². The smallest absolute Gasteiger partial charge is 0.251 e. The van der Waals surface area contributed by atoms with Crippen molar-refractivity contribution in [3.05, 3.63) is 95.6 Å². The van der Waals surface area contributed by atoms with Crippen molar-refractivity contribution in [2.45, 2.75) is 12.6 Å². The lowest BCUT2D eigenvalue weighted by Crippen LogP contribution is -2.34. The summed E-state index contributed by atoms with van der Waals surface area (Å²) in [5.74, 6) is 0.200. The lowest BCUT2D eigenvalue weighted by atomic mass is 10.1. The Labute approximate surface area is 170 Å². The van der Waals surface area contributed by atoms with Crippen LogP contribution in [0.25, 0.3) is 0 Å². The van der Waals surface area contributed by atoms with Crippen molar-refractivity contribution < 1.29 is 13.9 Å². The largest absolute Gasteiger partial charge is 0.489 e. The molecule has 0 saturated carbocycles. The first-order valence-electron chi connectivity index (χ1n) is 9.35. The standard InChI is InChI=1S/C23H24FN3O2/c1-27(2)22(19-6-3-7-20(24)13-19)15-26-23(28)18-8-10-21(11-9-18)29-16-17-5-4-12-25-14-17/h3-14,22H,15-16H2,1-2H3,(H,26,28). The molecule has 29 heavy (non-hydrogen) atoms. The van der Waals surface area contributed by atoms with Crippen molar-refractivity contribution in [3.63, 3.8) is 0 Å². The van der Waals surface area contributed by atoms with E-state index in [9.17, 15) is 9.18 Å². The number of likely N-dealkylation sites (N-methyl/N-ethyl adjacent to an activating group) is 1. The molecular weight excluding hydrogens is 369 g/mol. The monoisotopic (exact) mass is 393 g/mol. The number of aromatic nitrogens is 1. The number of rotatable bonds is 8. The topological polar surface area (TPSA) is 54.5 Å². The highest BCUT2D eigenvalue weighted by Crippen LogP contribution is 2.19. The van der Waals surface area contributed by atoms with E-state index < -0.39 is 0 Å². The molecule has 0 saturated heterocycles. The number of hydrogen-bond acceptors (Lipinski definition) is 4. The predicted octanol–water partition coefficient (Wildman–Crippen LogP) is 3.83. The van der Waals surface area contributed by atoms with Gasteiger partial charge in [-0.25, -0.2) is 4.39 Å². The molecule has 0 aliphatic rings. The van der Waals surface area contributed by atoms with Crippen LogP contribution in [-0.2, 0) is 6.61 Å². The molecule has 1 heterocycles. The minimum absolute atomic E-state index is 0.128. The number of hydrogen-bond donors (Lipinski definition) is 1. The Bertz CT molecular complexity index is 930. The van der Waals surface area contributed by atoms with Gasteiger partial charge in [-0.3, -0.25) is 9.78 Å². The Hall–Kier alpha value is -3.25. The van der Waals surface area contributed by atoms with Gasteiger partial charge in [-0.05, 0) is 62.1 Å². The van der Waals surface area contributed by atoms with Crippen LogP contribution in [-0.4, -0.2) is 36.4 Å². The fourth-order valence-electron chi connectivity index (χ4n) is 2.96. The molecule has 0 radical (unpaired) electrons. The van der Waals surface area contributed by atoms with Gasteiger partial charge < -0.3 is 15.0 Å². The molecule has 0 spiro atoms. The van der Waals surface area contributed by atoms with Crippen LogP contribution < -0.4 is 10.1 Å². The van der Waals surface area contributed by atoms with Crippen molar-refractivity contribution >= 4 is 5.91 Å². The van der Waals surface area contributed by atoms with Gasteiger partial charge in [0.2, 0.25) is 0 Å². The first-order valence-corrected chi connectivity index (χ1v) is 9.35. The van der Waals surface area contributed by atoms with Gasteiger partial charge in [0, 0.05) is 30.1 Å². The molecule has 0 aliphatic carbocycles. The maximum atomic E-state index is 13.5. The van der Waals surface area contributed by atoms with Crippen LogP contribution in [0.1, 0.15) is 27.5 Å². The van der Waals surface area contributed by atoms with Crippen molar-refractivity contribution in [1.82, 2.24) is 15.2 Å². The van der Waals surface area contributed by atoms with E-state index in [4.69, 9.17) is 4.74 Å². The molecule has 2 aromatic carbocycles. The molecule has 1 unspecified atom stereocenters. The Morgan fingerprint density at radius 2 is 1.93 bits per heavy atom. The number of pyridine rings is 1. The van der Waals surface area contributed by atoms with Crippen molar-refractivity contribution in [2.75, 3.05) is 20.6 Å². The second-order valence-corrected chi connectivity index (χ2v) is 6.92. The molecule has 150 valence electrons. The third kappa shape index (κ3) is 5.86. The summed E-state index contributed by atoms with van der Waals surface area (Å²) in [6.07, 6.45) is 3.47. The zero-order valence-corrected chi connectivity index (χ0v) is 16.5. The summed E-state index contributed by atoms with van der Waals surface area (Å²) >= 11 is 0. The summed E-state index contributed by atoms with van der Waals surface area (Å²) in [6.45, 7) is 0.784. The van der Waals surface area contributed by atoms with Gasteiger partial charge in [-0.1, -0.05) is 18.2 Å². The third-order valence-corrected chi connectivity index (χ3v) is 4.56. The number of nitrogens with one attached hydrogen (secondary N) is 1. The first-order chi connectivity index (χ1) is 14.0. The SMILES string of the molecule is CN(C)C(CNC(=O)c1ccc(OCc2cccnc2)cc1)c1cccc(F)c1. The zero-order valence-electron chi connectivity index (χ0n) is 16.5. The quantitative estimate of drug-likeness (QED) is 0.632. The first kappa shape index (κ1) is 20.5. The number of ether oxygens (including phenoxy) is 1. The summed E-state index contributed by atoms with van der Waals surface area (Å²) in [5.41, 5.74) is 2.33. The van der Waals surface area contributed by atoms with E-state index in [1.807, 2.05) is 37.2 Å². The lowest BCUT2D eigenvalue weighted by molar-refractivity contribution is 0.0942. The van der Waals surface area contributed by atoms with Crippen molar-refractivity contribution in [2.24, 2.45) is 0 Å². The van der Waals surface area contributed by atoms with Gasteiger partial charge in [0.1, 0.15) is 18.2 Å². The Kier molecular flexibility index (Phi) is 6.92. The predicted molar refractivity (Wildman–Crippen MR) is 110 cm³/mol. The summed E-state index contributed by atoms with van der Waals surface area (Å²) in [4.78, 5) is 18.5.